The van der Waals surface area contributed by atoms with Gasteiger partial charge in [-0.05, 0) is 82.9 Å². The van der Waals surface area contributed by atoms with Crippen LogP contribution in [0, 0.1) is 27.6 Å². The van der Waals surface area contributed by atoms with Gasteiger partial charge in [0, 0.05) is 39.7 Å². The van der Waals surface area contributed by atoms with Crippen molar-refractivity contribution < 1.29 is 13.9 Å². The molecule has 2 heterocycles. The standard InChI is InChI=1S/C35H43N2O3/c1-32(2,3)26-15-21(16-27(39-26)33(4,5)6)13-24-30(23(19-36)20-37)25(31(24)38)14-22-17-28(34(7,8)9)40-29(18-22)35(10,11)12/h13-18,36H,1-12H3/q+1. The van der Waals surface area contributed by atoms with Gasteiger partial charge in [-0.2, -0.15) is 5.26 Å². The summed E-state index contributed by atoms with van der Waals surface area (Å²) in [5.74, 6) is 5.28. The molecular weight excluding hydrogens is 496 g/mol. The minimum absolute atomic E-state index is 0.0255. The van der Waals surface area contributed by atoms with Crippen molar-refractivity contribution in [2.24, 2.45) is 10.8 Å². The highest BCUT2D eigenvalue weighted by Gasteiger charge is 2.38. The van der Waals surface area contributed by atoms with Gasteiger partial charge >= 0.3 is 11.5 Å². The fraction of sp³-hybridized carbons (Fsp3) is 0.457. The van der Waals surface area contributed by atoms with Crippen LogP contribution in [0.1, 0.15) is 100 Å². The Bertz CT molecular complexity index is 1440. The van der Waals surface area contributed by atoms with Crippen LogP contribution in [0.15, 0.2) is 74.2 Å². The average molecular weight is 540 g/mol. The first-order valence-corrected chi connectivity index (χ1v) is 13.7. The van der Waals surface area contributed by atoms with Crippen molar-refractivity contribution in [3.8, 4) is 6.07 Å². The second-order valence-corrected chi connectivity index (χ2v) is 14.7. The van der Waals surface area contributed by atoms with Crippen LogP contribution in [0.5, 0.6) is 0 Å². The normalized spacial score (nSPS) is 17.4. The molecule has 1 aromatic rings. The number of allylic oxidation sites excluding steroid dienone is 10. The number of nitriles is 1. The maximum atomic E-state index is 13.6. The Labute approximate surface area is 239 Å². The zero-order valence-electron chi connectivity index (χ0n) is 26.1. The highest BCUT2D eigenvalue weighted by molar-refractivity contribution is 6.26. The Kier molecular flexibility index (Phi) is 7.96. The van der Waals surface area contributed by atoms with Crippen molar-refractivity contribution in [3.05, 3.63) is 86.8 Å². The summed E-state index contributed by atoms with van der Waals surface area (Å²) < 4.78 is 12.5. The number of carbonyl (C=O) groups excluding carboxylic acids is 1. The molecule has 0 saturated carbocycles. The molecule has 3 rings (SSSR count). The fourth-order valence-corrected chi connectivity index (χ4v) is 4.17. The number of nitrogens with zero attached hydrogens (tertiary/aromatic N) is 1. The molecule has 0 aromatic carbocycles. The largest absolute Gasteiger partial charge is 0.465 e. The lowest BCUT2D eigenvalue weighted by molar-refractivity contribution is -0.112. The van der Waals surface area contributed by atoms with E-state index in [1.807, 2.05) is 24.3 Å². The Morgan fingerprint density at radius 2 is 1.30 bits per heavy atom. The second-order valence-electron chi connectivity index (χ2n) is 14.7. The molecule has 1 aromatic heterocycles. The first-order valence-electron chi connectivity index (χ1n) is 13.7. The van der Waals surface area contributed by atoms with Crippen molar-refractivity contribution in [3.63, 3.8) is 0 Å². The molecule has 0 atom stereocenters. The van der Waals surface area contributed by atoms with Crippen LogP contribution in [-0.4, -0.2) is 11.7 Å². The van der Waals surface area contributed by atoms with E-state index in [4.69, 9.17) is 14.6 Å². The molecule has 0 unspecified atom stereocenters. The average Bonchev–Trinajstić information content (AvgIpc) is 2.82. The number of ketones is 1. The van der Waals surface area contributed by atoms with Crippen molar-refractivity contribution in [2.45, 2.75) is 93.9 Å². The monoisotopic (exact) mass is 539 g/mol. The van der Waals surface area contributed by atoms with Gasteiger partial charge < -0.3 is 4.74 Å². The van der Waals surface area contributed by atoms with Crippen molar-refractivity contribution in [1.29, 1.82) is 10.7 Å². The predicted molar refractivity (Wildman–Crippen MR) is 162 cm³/mol. The summed E-state index contributed by atoms with van der Waals surface area (Å²) in [7, 11) is 0. The van der Waals surface area contributed by atoms with E-state index >= 15 is 0 Å². The summed E-state index contributed by atoms with van der Waals surface area (Å²) in [5.41, 5.74) is 1.91. The maximum Gasteiger partial charge on any atom is 0.335 e. The minimum Gasteiger partial charge on any atom is -0.465 e. The maximum absolute atomic E-state index is 13.6. The SMILES string of the molecule is CC(C)(C)C1=CC(=CC2=C(C(=C=N)C#N)/C(=C/c3cc(C(C)(C)C)[o+]c(C(C)(C)C)c3)C2=O)C=C(C(C)(C)C)O1. The van der Waals surface area contributed by atoms with E-state index in [0.717, 1.165) is 34.2 Å². The zero-order valence-corrected chi connectivity index (χ0v) is 26.1. The molecule has 0 spiro atoms. The van der Waals surface area contributed by atoms with Crippen LogP contribution in [-0.2, 0) is 20.4 Å². The van der Waals surface area contributed by atoms with Gasteiger partial charge in [0.2, 0.25) is 0 Å². The summed E-state index contributed by atoms with van der Waals surface area (Å²) in [6.45, 7) is 25.0. The molecule has 0 amide bonds. The minimum atomic E-state index is -0.240. The van der Waals surface area contributed by atoms with Crippen molar-refractivity contribution >= 4 is 17.7 Å². The van der Waals surface area contributed by atoms with Gasteiger partial charge in [0.1, 0.15) is 23.2 Å². The Hall–Kier alpha value is -3.74. The topological polar surface area (TPSA) is 85.2 Å². The Balaban J connectivity index is 2.27. The molecular formula is C35H43N2O3+. The molecule has 5 heteroatoms. The first kappa shape index (κ1) is 30.8. The molecule has 5 nitrogen and oxygen atoms in total. The third kappa shape index (κ3) is 6.52. The number of hydrogen-bond donors (Lipinski definition) is 1. The lowest BCUT2D eigenvalue weighted by Crippen LogP contribution is -2.24. The van der Waals surface area contributed by atoms with Gasteiger partial charge in [-0.3, -0.25) is 10.2 Å². The van der Waals surface area contributed by atoms with Gasteiger partial charge in [-0.25, -0.2) is 4.42 Å². The lowest BCUT2D eigenvalue weighted by atomic mass is 9.75. The van der Waals surface area contributed by atoms with Gasteiger partial charge in [-0.1, -0.05) is 41.5 Å². The van der Waals surface area contributed by atoms with Gasteiger partial charge in [-0.15, -0.1) is 0 Å². The molecule has 1 aliphatic heterocycles. The number of ether oxygens (including phenoxy) is 1. The highest BCUT2D eigenvalue weighted by Crippen LogP contribution is 2.42. The quantitative estimate of drug-likeness (QED) is 0.180. The lowest BCUT2D eigenvalue weighted by Gasteiger charge is -2.33. The fourth-order valence-electron chi connectivity index (χ4n) is 4.17. The summed E-state index contributed by atoms with van der Waals surface area (Å²) in [6, 6.07) is 5.95. The van der Waals surface area contributed by atoms with Crippen LogP contribution in [0.2, 0.25) is 0 Å². The van der Waals surface area contributed by atoms with Crippen LogP contribution in [0.4, 0.5) is 0 Å². The van der Waals surface area contributed by atoms with Gasteiger partial charge in [0.15, 0.2) is 5.78 Å². The molecule has 0 bridgehead atoms. The van der Waals surface area contributed by atoms with E-state index in [1.165, 1.54) is 0 Å². The highest BCUT2D eigenvalue weighted by atomic mass is 16.5. The summed E-state index contributed by atoms with van der Waals surface area (Å²) in [4.78, 5) is 13.6. The molecule has 0 radical (unpaired) electrons. The Morgan fingerprint density at radius 3 is 1.68 bits per heavy atom. The number of carbonyl (C=O) groups is 1. The van der Waals surface area contributed by atoms with E-state index in [9.17, 15) is 10.1 Å². The molecule has 2 aliphatic rings. The third-order valence-corrected chi connectivity index (χ3v) is 6.72. The second kappa shape index (κ2) is 10.3. The van der Waals surface area contributed by atoms with Crippen LogP contribution in [0.25, 0.3) is 6.08 Å². The van der Waals surface area contributed by atoms with E-state index in [2.05, 4.69) is 95.0 Å². The van der Waals surface area contributed by atoms with E-state index < -0.39 is 0 Å². The van der Waals surface area contributed by atoms with E-state index in [-0.39, 0.29) is 33.0 Å². The van der Waals surface area contributed by atoms with Gasteiger partial charge in [0.05, 0.1) is 10.8 Å². The number of Topliss-reactive ketones (excluding diaryl/α,β-unsaturated/α-hetero) is 1. The Morgan fingerprint density at radius 1 is 0.825 bits per heavy atom. The first-order chi connectivity index (χ1) is 18.2. The molecule has 0 fully saturated rings. The predicted octanol–water partition coefficient (Wildman–Crippen LogP) is 8.93. The smallest absolute Gasteiger partial charge is 0.335 e. The van der Waals surface area contributed by atoms with Crippen molar-refractivity contribution in [1.82, 2.24) is 0 Å². The van der Waals surface area contributed by atoms with E-state index in [1.54, 1.807) is 12.2 Å². The summed E-state index contributed by atoms with van der Waals surface area (Å²) >= 11 is 0. The molecule has 0 saturated heterocycles. The third-order valence-electron chi connectivity index (χ3n) is 6.72. The van der Waals surface area contributed by atoms with Crippen LogP contribution >= 0.6 is 0 Å². The summed E-state index contributed by atoms with van der Waals surface area (Å²) in [5, 5.41) is 17.6. The molecule has 1 aliphatic carbocycles. The number of nitrogens with one attached hydrogen (secondary N) is 1. The zero-order chi connectivity index (χ0) is 30.4. The molecule has 210 valence electrons. The van der Waals surface area contributed by atoms with Crippen LogP contribution < -0.4 is 0 Å². The van der Waals surface area contributed by atoms with Crippen molar-refractivity contribution in [2.75, 3.05) is 0 Å². The number of rotatable bonds is 3. The molecule has 40 heavy (non-hydrogen) atoms. The summed E-state index contributed by atoms with van der Waals surface area (Å²) in [6.07, 6.45) is 7.48. The van der Waals surface area contributed by atoms with Crippen LogP contribution in [0.3, 0.4) is 0 Å². The van der Waals surface area contributed by atoms with Gasteiger partial charge in [0.25, 0.3) is 0 Å². The van der Waals surface area contributed by atoms with E-state index in [0.29, 0.717) is 16.7 Å². The molecule has 1 N–H and O–H groups in total. The number of hydrogen-bond acceptors (Lipinski definition) is 4.